The number of halogens is 1. The molecular formula is C21H22ClN3O4. The molecule has 0 atom stereocenters. The number of hydrogen-bond acceptors (Lipinski definition) is 4. The van der Waals surface area contributed by atoms with Crippen molar-refractivity contribution >= 4 is 34.1 Å². The molecule has 1 heterocycles. The van der Waals surface area contributed by atoms with Gasteiger partial charge in [0.25, 0.3) is 5.56 Å². The number of nitrogens with one attached hydrogen (secondary N) is 1. The minimum Gasteiger partial charge on any atom is -0.385 e. The summed E-state index contributed by atoms with van der Waals surface area (Å²) in [5, 5.41) is 3.52. The van der Waals surface area contributed by atoms with Crippen molar-refractivity contribution in [1.82, 2.24) is 9.13 Å². The van der Waals surface area contributed by atoms with E-state index in [1.165, 1.54) is 4.57 Å². The second-order valence-electron chi connectivity index (χ2n) is 6.72. The number of carbonyl (C=O) groups is 1. The second kappa shape index (κ2) is 9.07. The summed E-state index contributed by atoms with van der Waals surface area (Å²) >= 11 is 6.18. The lowest BCUT2D eigenvalue weighted by atomic mass is 10.2. The van der Waals surface area contributed by atoms with Gasteiger partial charge in [-0.25, -0.2) is 4.79 Å². The molecule has 2 aromatic carbocycles. The number of amides is 1. The zero-order valence-electron chi connectivity index (χ0n) is 16.3. The molecule has 7 nitrogen and oxygen atoms in total. The third kappa shape index (κ3) is 4.58. The summed E-state index contributed by atoms with van der Waals surface area (Å²) in [6.07, 6.45) is 0.509. The van der Waals surface area contributed by atoms with Gasteiger partial charge in [-0.15, -0.1) is 0 Å². The van der Waals surface area contributed by atoms with Crippen molar-refractivity contribution in [2.75, 3.05) is 19.0 Å². The van der Waals surface area contributed by atoms with Crippen molar-refractivity contribution in [2.45, 2.75) is 26.4 Å². The molecule has 3 aromatic rings. The normalized spacial score (nSPS) is 11.0. The van der Waals surface area contributed by atoms with Crippen LogP contribution in [0, 0.1) is 6.92 Å². The molecule has 1 amide bonds. The first kappa shape index (κ1) is 20.8. The molecule has 0 aliphatic heterocycles. The van der Waals surface area contributed by atoms with Gasteiger partial charge in [0.05, 0.1) is 21.6 Å². The Morgan fingerprint density at radius 3 is 2.62 bits per heavy atom. The molecule has 0 aliphatic rings. The molecule has 0 fully saturated rings. The first-order valence-electron chi connectivity index (χ1n) is 9.19. The fourth-order valence-electron chi connectivity index (χ4n) is 3.14. The van der Waals surface area contributed by atoms with E-state index in [4.69, 9.17) is 16.3 Å². The van der Waals surface area contributed by atoms with E-state index in [2.05, 4.69) is 5.32 Å². The Bertz CT molecular complexity index is 1170. The van der Waals surface area contributed by atoms with Gasteiger partial charge in [0, 0.05) is 20.3 Å². The quantitative estimate of drug-likeness (QED) is 0.601. The molecule has 1 N–H and O–H groups in total. The van der Waals surface area contributed by atoms with E-state index >= 15 is 0 Å². The Hall–Kier alpha value is -2.90. The van der Waals surface area contributed by atoms with Gasteiger partial charge in [0.15, 0.2) is 0 Å². The zero-order valence-corrected chi connectivity index (χ0v) is 17.0. The van der Waals surface area contributed by atoms with Crippen LogP contribution in [0.15, 0.2) is 52.1 Å². The maximum Gasteiger partial charge on any atom is 0.331 e. The highest BCUT2D eigenvalue weighted by molar-refractivity contribution is 6.33. The summed E-state index contributed by atoms with van der Waals surface area (Å²) in [6.45, 7) is 2.29. The number of fused-ring (bicyclic) bond motifs is 1. The number of hydrogen-bond donors (Lipinski definition) is 1. The molecule has 0 spiro atoms. The maximum atomic E-state index is 13.0. The van der Waals surface area contributed by atoms with Gasteiger partial charge in [-0.1, -0.05) is 29.8 Å². The standard InChI is InChI=1S/C21H22ClN3O4/c1-14-8-9-17(16(22)12-14)23-19(26)13-25-18-7-4-3-6-15(18)20(27)24(21(25)28)10-5-11-29-2/h3-4,6-9,12H,5,10-11,13H2,1-2H3,(H,23,26). The van der Waals surface area contributed by atoms with E-state index in [0.717, 1.165) is 10.1 Å². The van der Waals surface area contributed by atoms with Crippen LogP contribution in [0.5, 0.6) is 0 Å². The van der Waals surface area contributed by atoms with Gasteiger partial charge >= 0.3 is 5.69 Å². The van der Waals surface area contributed by atoms with Gasteiger partial charge in [-0.05, 0) is 43.2 Å². The Morgan fingerprint density at radius 1 is 1.14 bits per heavy atom. The molecule has 1 aromatic heterocycles. The van der Waals surface area contributed by atoms with Crippen molar-refractivity contribution < 1.29 is 9.53 Å². The molecular weight excluding hydrogens is 394 g/mol. The molecule has 3 rings (SSSR count). The number of carbonyl (C=O) groups excluding carboxylic acids is 1. The van der Waals surface area contributed by atoms with E-state index in [1.54, 1.807) is 43.5 Å². The van der Waals surface area contributed by atoms with Crippen molar-refractivity contribution in [3.63, 3.8) is 0 Å². The number of rotatable bonds is 7. The molecule has 0 radical (unpaired) electrons. The first-order valence-corrected chi connectivity index (χ1v) is 9.57. The van der Waals surface area contributed by atoms with Gasteiger partial charge < -0.3 is 10.1 Å². The van der Waals surface area contributed by atoms with Crippen molar-refractivity contribution in [2.24, 2.45) is 0 Å². The Labute approximate surface area is 172 Å². The van der Waals surface area contributed by atoms with Crippen molar-refractivity contribution in [3.8, 4) is 0 Å². The summed E-state index contributed by atoms with van der Waals surface area (Å²) in [5.74, 6) is -0.412. The maximum absolute atomic E-state index is 13.0. The fourth-order valence-corrected chi connectivity index (χ4v) is 3.43. The molecule has 8 heteroatoms. The Balaban J connectivity index is 1.98. The summed E-state index contributed by atoms with van der Waals surface area (Å²) in [5.41, 5.74) is 0.942. The van der Waals surface area contributed by atoms with E-state index in [1.807, 2.05) is 13.0 Å². The Morgan fingerprint density at radius 2 is 1.90 bits per heavy atom. The smallest absolute Gasteiger partial charge is 0.331 e. The largest absolute Gasteiger partial charge is 0.385 e. The monoisotopic (exact) mass is 415 g/mol. The minimum atomic E-state index is -0.532. The third-order valence-corrected chi connectivity index (χ3v) is 4.88. The molecule has 0 unspecified atom stereocenters. The Kier molecular flexibility index (Phi) is 6.51. The van der Waals surface area contributed by atoms with Crippen LogP contribution in [-0.4, -0.2) is 28.8 Å². The first-order chi connectivity index (χ1) is 13.9. The number of nitrogens with zero attached hydrogens (tertiary/aromatic N) is 2. The van der Waals surface area contributed by atoms with Crippen LogP contribution >= 0.6 is 11.6 Å². The van der Waals surface area contributed by atoms with E-state index < -0.39 is 11.6 Å². The lowest BCUT2D eigenvalue weighted by Gasteiger charge is -2.14. The third-order valence-electron chi connectivity index (χ3n) is 4.56. The second-order valence-corrected chi connectivity index (χ2v) is 7.13. The van der Waals surface area contributed by atoms with Crippen molar-refractivity contribution in [1.29, 1.82) is 0 Å². The fraction of sp³-hybridized carbons (Fsp3) is 0.286. The number of methoxy groups -OCH3 is 1. The summed E-state index contributed by atoms with van der Waals surface area (Å²) in [4.78, 5) is 38.4. The topological polar surface area (TPSA) is 82.3 Å². The van der Waals surface area contributed by atoms with Gasteiger partial charge in [-0.3, -0.25) is 18.7 Å². The minimum absolute atomic E-state index is 0.210. The predicted octanol–water partition coefficient (Wildman–Crippen LogP) is 2.80. The van der Waals surface area contributed by atoms with Crippen molar-refractivity contribution in [3.05, 3.63) is 73.9 Å². The van der Waals surface area contributed by atoms with Crippen LogP contribution in [0.3, 0.4) is 0 Å². The average Bonchev–Trinajstić information content (AvgIpc) is 2.70. The van der Waals surface area contributed by atoms with Gasteiger partial charge in [-0.2, -0.15) is 0 Å². The highest BCUT2D eigenvalue weighted by Gasteiger charge is 2.15. The van der Waals surface area contributed by atoms with Crippen LogP contribution in [-0.2, 0) is 22.6 Å². The molecule has 0 aliphatic carbocycles. The van der Waals surface area contributed by atoms with Crippen LogP contribution < -0.4 is 16.6 Å². The van der Waals surface area contributed by atoms with E-state index in [0.29, 0.717) is 34.6 Å². The van der Waals surface area contributed by atoms with Crippen LogP contribution in [0.2, 0.25) is 5.02 Å². The summed E-state index contributed by atoms with van der Waals surface area (Å²) in [7, 11) is 1.56. The number of aromatic nitrogens is 2. The van der Waals surface area contributed by atoms with Crippen LogP contribution in [0.25, 0.3) is 10.9 Å². The zero-order chi connectivity index (χ0) is 21.0. The van der Waals surface area contributed by atoms with Crippen LogP contribution in [0.1, 0.15) is 12.0 Å². The number of aryl methyl sites for hydroxylation is 1. The van der Waals surface area contributed by atoms with Gasteiger partial charge in [0.2, 0.25) is 5.91 Å². The highest BCUT2D eigenvalue weighted by Crippen LogP contribution is 2.22. The van der Waals surface area contributed by atoms with E-state index in [9.17, 15) is 14.4 Å². The number of benzene rings is 2. The molecule has 152 valence electrons. The lowest BCUT2D eigenvalue weighted by Crippen LogP contribution is -2.42. The summed E-state index contributed by atoms with van der Waals surface area (Å²) in [6, 6.07) is 12.0. The van der Waals surface area contributed by atoms with E-state index in [-0.39, 0.29) is 18.6 Å². The lowest BCUT2D eigenvalue weighted by molar-refractivity contribution is -0.116. The molecule has 0 bridgehead atoms. The molecule has 29 heavy (non-hydrogen) atoms. The van der Waals surface area contributed by atoms with Gasteiger partial charge in [0.1, 0.15) is 6.54 Å². The number of anilines is 1. The molecule has 0 saturated carbocycles. The predicted molar refractivity (Wildman–Crippen MR) is 114 cm³/mol. The van der Waals surface area contributed by atoms with Crippen LogP contribution in [0.4, 0.5) is 5.69 Å². The highest BCUT2D eigenvalue weighted by atomic mass is 35.5. The average molecular weight is 416 g/mol. The number of ether oxygens (including phenoxy) is 1. The SMILES string of the molecule is COCCCn1c(=O)c2ccccc2n(CC(=O)Nc2ccc(C)cc2Cl)c1=O. The molecule has 0 saturated heterocycles. The number of para-hydroxylation sites is 1. The summed E-state index contributed by atoms with van der Waals surface area (Å²) < 4.78 is 7.46.